The minimum absolute atomic E-state index is 0.119. The van der Waals surface area contributed by atoms with E-state index in [9.17, 15) is 5.11 Å². The number of aliphatic hydroxyl groups is 1. The predicted molar refractivity (Wildman–Crippen MR) is 81.7 cm³/mol. The molecule has 0 aliphatic heterocycles. The largest absolute Gasteiger partial charge is 0.394 e. The third-order valence-electron chi connectivity index (χ3n) is 3.95. The molecule has 0 atom stereocenters. The lowest BCUT2D eigenvalue weighted by Crippen LogP contribution is -2.44. The standard InChI is InChI=1S/C13H19N5OS/c14-18-12-15-10(9-4-7-20-11(9)16-12)17-13(8-19)5-2-1-3-6-13/h4,7,19H,1-3,5-6,8,14H2,(H2,15,16,17,18). The molecular weight excluding hydrogens is 274 g/mol. The van der Waals surface area contributed by atoms with Gasteiger partial charge in [0, 0.05) is 0 Å². The predicted octanol–water partition coefficient (Wildman–Crippen LogP) is 2.08. The molecule has 20 heavy (non-hydrogen) atoms. The smallest absolute Gasteiger partial charge is 0.240 e. The van der Waals surface area contributed by atoms with E-state index in [2.05, 4.69) is 20.7 Å². The fraction of sp³-hybridized carbons (Fsp3) is 0.538. The third kappa shape index (κ3) is 2.44. The van der Waals surface area contributed by atoms with Crippen molar-refractivity contribution in [1.82, 2.24) is 9.97 Å². The van der Waals surface area contributed by atoms with E-state index in [0.29, 0.717) is 5.95 Å². The van der Waals surface area contributed by atoms with Crippen molar-refractivity contribution in [3.05, 3.63) is 11.4 Å². The van der Waals surface area contributed by atoms with Crippen molar-refractivity contribution in [2.45, 2.75) is 37.6 Å². The second-order valence-corrected chi connectivity index (χ2v) is 6.20. The maximum absolute atomic E-state index is 9.81. The van der Waals surface area contributed by atoms with Gasteiger partial charge in [0.2, 0.25) is 5.95 Å². The highest BCUT2D eigenvalue weighted by molar-refractivity contribution is 7.16. The molecule has 2 aromatic rings. The van der Waals surface area contributed by atoms with E-state index in [1.807, 2.05) is 11.4 Å². The molecule has 0 spiro atoms. The van der Waals surface area contributed by atoms with Crippen molar-refractivity contribution in [3.63, 3.8) is 0 Å². The normalized spacial score (nSPS) is 18.1. The lowest BCUT2D eigenvalue weighted by molar-refractivity contribution is 0.172. The minimum atomic E-state index is -0.270. The van der Waals surface area contributed by atoms with E-state index in [1.54, 1.807) is 11.3 Å². The van der Waals surface area contributed by atoms with Gasteiger partial charge in [-0.2, -0.15) is 4.98 Å². The van der Waals surface area contributed by atoms with Crippen molar-refractivity contribution >= 4 is 33.3 Å². The Hall–Kier alpha value is -1.44. The van der Waals surface area contributed by atoms with Crippen LogP contribution in [0.5, 0.6) is 0 Å². The maximum atomic E-state index is 9.81. The molecule has 2 aromatic heterocycles. The van der Waals surface area contributed by atoms with Crippen LogP contribution in [-0.4, -0.2) is 27.2 Å². The van der Waals surface area contributed by atoms with E-state index >= 15 is 0 Å². The number of aliphatic hydroxyl groups excluding tert-OH is 1. The monoisotopic (exact) mass is 293 g/mol. The van der Waals surface area contributed by atoms with E-state index in [4.69, 9.17) is 5.84 Å². The van der Waals surface area contributed by atoms with Crippen LogP contribution in [0, 0.1) is 0 Å². The molecule has 1 fully saturated rings. The summed E-state index contributed by atoms with van der Waals surface area (Å²) in [6.07, 6.45) is 5.42. The van der Waals surface area contributed by atoms with Gasteiger partial charge in [-0.3, -0.25) is 5.43 Å². The molecule has 108 valence electrons. The number of hydrogen-bond acceptors (Lipinski definition) is 7. The molecule has 0 unspecified atom stereocenters. The molecule has 6 nitrogen and oxygen atoms in total. The van der Waals surface area contributed by atoms with Crippen molar-refractivity contribution in [2.24, 2.45) is 5.84 Å². The van der Waals surface area contributed by atoms with Gasteiger partial charge in [-0.1, -0.05) is 19.3 Å². The number of nitrogens with zero attached hydrogens (tertiary/aromatic N) is 2. The Morgan fingerprint density at radius 3 is 2.80 bits per heavy atom. The number of anilines is 2. The summed E-state index contributed by atoms with van der Waals surface area (Å²) in [5, 5.41) is 16.2. The summed E-state index contributed by atoms with van der Waals surface area (Å²) in [5.41, 5.74) is 2.23. The fourth-order valence-corrected chi connectivity index (χ4v) is 3.58. The fourth-order valence-electron chi connectivity index (χ4n) is 2.82. The summed E-state index contributed by atoms with van der Waals surface area (Å²) in [5.74, 6) is 6.57. The quantitative estimate of drug-likeness (QED) is 0.509. The molecule has 0 amide bonds. The van der Waals surface area contributed by atoms with Crippen LogP contribution in [-0.2, 0) is 0 Å². The van der Waals surface area contributed by atoms with Gasteiger partial charge in [0.1, 0.15) is 10.6 Å². The molecule has 1 aliphatic rings. The van der Waals surface area contributed by atoms with Gasteiger partial charge in [0.25, 0.3) is 0 Å². The first-order valence-corrected chi connectivity index (χ1v) is 7.75. The van der Waals surface area contributed by atoms with Gasteiger partial charge in [0.05, 0.1) is 17.5 Å². The second kappa shape index (κ2) is 5.51. The Kier molecular flexibility index (Phi) is 3.73. The summed E-state index contributed by atoms with van der Waals surface area (Å²) in [4.78, 5) is 9.63. The van der Waals surface area contributed by atoms with E-state index in [1.165, 1.54) is 6.42 Å². The van der Waals surface area contributed by atoms with Crippen LogP contribution in [0.3, 0.4) is 0 Å². The molecule has 3 rings (SSSR count). The van der Waals surface area contributed by atoms with Crippen LogP contribution in [0.4, 0.5) is 11.8 Å². The highest BCUT2D eigenvalue weighted by Gasteiger charge is 2.32. The maximum Gasteiger partial charge on any atom is 0.240 e. The van der Waals surface area contributed by atoms with Crippen LogP contribution < -0.4 is 16.6 Å². The summed E-state index contributed by atoms with van der Waals surface area (Å²) in [6, 6.07) is 2.00. The number of aromatic nitrogens is 2. The second-order valence-electron chi connectivity index (χ2n) is 5.30. The number of hydrazine groups is 1. The average molecular weight is 293 g/mol. The molecule has 7 heteroatoms. The molecule has 0 bridgehead atoms. The topological polar surface area (TPSA) is 96.1 Å². The van der Waals surface area contributed by atoms with Crippen LogP contribution in [0.1, 0.15) is 32.1 Å². The summed E-state index contributed by atoms with van der Waals surface area (Å²) < 4.78 is 0. The van der Waals surface area contributed by atoms with E-state index < -0.39 is 0 Å². The first kappa shape index (κ1) is 13.5. The number of fused-ring (bicyclic) bond motifs is 1. The molecule has 0 aromatic carbocycles. The van der Waals surface area contributed by atoms with Crippen LogP contribution >= 0.6 is 11.3 Å². The van der Waals surface area contributed by atoms with Gasteiger partial charge in [-0.25, -0.2) is 10.8 Å². The van der Waals surface area contributed by atoms with Gasteiger partial charge < -0.3 is 10.4 Å². The van der Waals surface area contributed by atoms with E-state index in [0.717, 1.165) is 41.7 Å². The summed E-state index contributed by atoms with van der Waals surface area (Å²) in [7, 11) is 0. The summed E-state index contributed by atoms with van der Waals surface area (Å²) in [6.45, 7) is 0.119. The molecular formula is C13H19N5OS. The van der Waals surface area contributed by atoms with Crippen molar-refractivity contribution in [2.75, 3.05) is 17.3 Å². The first-order chi connectivity index (χ1) is 9.76. The van der Waals surface area contributed by atoms with Crippen LogP contribution in [0.25, 0.3) is 10.2 Å². The zero-order valence-electron chi connectivity index (χ0n) is 11.2. The molecule has 1 aliphatic carbocycles. The Balaban J connectivity index is 1.98. The van der Waals surface area contributed by atoms with Gasteiger partial charge in [0.15, 0.2) is 0 Å². The third-order valence-corrected chi connectivity index (χ3v) is 4.76. The number of hydrogen-bond donors (Lipinski definition) is 4. The molecule has 2 heterocycles. The number of nitrogens with two attached hydrogens (primary N) is 1. The van der Waals surface area contributed by atoms with Gasteiger partial charge in [-0.05, 0) is 24.3 Å². The highest BCUT2D eigenvalue weighted by Crippen LogP contribution is 2.34. The first-order valence-electron chi connectivity index (χ1n) is 6.87. The van der Waals surface area contributed by atoms with E-state index in [-0.39, 0.29) is 12.1 Å². The molecule has 0 saturated heterocycles. The number of nitrogen functional groups attached to an aromatic ring is 1. The highest BCUT2D eigenvalue weighted by atomic mass is 32.1. The number of rotatable bonds is 4. The van der Waals surface area contributed by atoms with Crippen molar-refractivity contribution < 1.29 is 5.11 Å². The van der Waals surface area contributed by atoms with Gasteiger partial charge in [-0.15, -0.1) is 11.3 Å². The Morgan fingerprint density at radius 1 is 1.30 bits per heavy atom. The lowest BCUT2D eigenvalue weighted by atomic mass is 9.82. The van der Waals surface area contributed by atoms with Crippen LogP contribution in [0.15, 0.2) is 11.4 Å². The lowest BCUT2D eigenvalue weighted by Gasteiger charge is -2.37. The van der Waals surface area contributed by atoms with Crippen molar-refractivity contribution in [3.8, 4) is 0 Å². The molecule has 0 radical (unpaired) electrons. The van der Waals surface area contributed by atoms with Gasteiger partial charge >= 0.3 is 0 Å². The Bertz CT molecular complexity index is 593. The minimum Gasteiger partial charge on any atom is -0.394 e. The van der Waals surface area contributed by atoms with Crippen molar-refractivity contribution in [1.29, 1.82) is 0 Å². The van der Waals surface area contributed by atoms with Crippen LogP contribution in [0.2, 0.25) is 0 Å². The number of thiophene rings is 1. The Labute approximate surface area is 121 Å². The molecule has 5 N–H and O–H groups in total. The average Bonchev–Trinajstić information content (AvgIpc) is 2.96. The Morgan fingerprint density at radius 2 is 2.10 bits per heavy atom. The zero-order valence-corrected chi connectivity index (χ0v) is 12.0. The zero-order chi connectivity index (χ0) is 14.0. The molecule has 1 saturated carbocycles. The SMILES string of the molecule is NNc1nc(NC2(CO)CCCCC2)c2ccsc2n1. The summed E-state index contributed by atoms with van der Waals surface area (Å²) >= 11 is 1.55. The number of nitrogens with one attached hydrogen (secondary N) is 2.